The van der Waals surface area contributed by atoms with Crippen molar-refractivity contribution >= 4 is 5.91 Å². The number of hydrogen-bond acceptors (Lipinski definition) is 3. The molecule has 0 N–H and O–H groups in total. The Hall–Kier alpha value is -2.10. The maximum absolute atomic E-state index is 12.4. The number of hydrogen-bond donors (Lipinski definition) is 0. The van der Waals surface area contributed by atoms with Crippen LogP contribution in [0.4, 0.5) is 0 Å². The van der Waals surface area contributed by atoms with Gasteiger partial charge in [-0.3, -0.25) is 4.79 Å². The summed E-state index contributed by atoms with van der Waals surface area (Å²) >= 11 is 0. The molecule has 3 rings (SSSR count). The van der Waals surface area contributed by atoms with E-state index < -0.39 is 0 Å². The van der Waals surface area contributed by atoms with Crippen molar-refractivity contribution < 1.29 is 9.32 Å². The zero-order valence-corrected chi connectivity index (χ0v) is 11.6. The second-order valence-corrected chi connectivity index (χ2v) is 5.44. The fourth-order valence-electron chi connectivity index (χ4n) is 2.65. The van der Waals surface area contributed by atoms with Crippen LogP contribution in [0.1, 0.15) is 30.3 Å². The molecule has 0 saturated carbocycles. The van der Waals surface area contributed by atoms with Gasteiger partial charge in [-0.1, -0.05) is 42.4 Å². The van der Waals surface area contributed by atoms with Crippen LogP contribution in [0.25, 0.3) is 11.3 Å². The molecule has 1 aromatic heterocycles. The molecule has 0 radical (unpaired) electrons. The molecular formula is C16H18N2O2. The molecule has 1 aliphatic rings. The van der Waals surface area contributed by atoms with Crippen LogP contribution in [0.15, 0.2) is 40.9 Å². The lowest BCUT2D eigenvalue weighted by atomic mass is 10.00. The lowest BCUT2D eigenvalue weighted by Gasteiger charge is -2.29. The largest absolute Gasteiger partial charge is 0.350 e. The highest BCUT2D eigenvalue weighted by Crippen LogP contribution is 2.22. The SMILES string of the molecule is CC1CCCN(C(=O)c2cc(-c3ccccc3)no2)C1. The van der Waals surface area contributed by atoms with Crippen LogP contribution in [-0.4, -0.2) is 29.1 Å². The third kappa shape index (κ3) is 2.59. The normalized spacial score (nSPS) is 19.1. The predicted octanol–water partition coefficient (Wildman–Crippen LogP) is 3.21. The van der Waals surface area contributed by atoms with E-state index in [-0.39, 0.29) is 5.91 Å². The van der Waals surface area contributed by atoms with E-state index in [1.807, 2.05) is 35.2 Å². The van der Waals surface area contributed by atoms with Crippen molar-refractivity contribution in [2.75, 3.05) is 13.1 Å². The Morgan fingerprint density at radius 2 is 2.15 bits per heavy atom. The van der Waals surface area contributed by atoms with E-state index in [2.05, 4.69) is 12.1 Å². The number of aromatic nitrogens is 1. The van der Waals surface area contributed by atoms with E-state index in [1.165, 1.54) is 6.42 Å². The molecule has 1 fully saturated rings. The first-order valence-electron chi connectivity index (χ1n) is 7.05. The third-order valence-electron chi connectivity index (χ3n) is 3.73. The van der Waals surface area contributed by atoms with Gasteiger partial charge in [-0.2, -0.15) is 0 Å². The first kappa shape index (κ1) is 12.9. The van der Waals surface area contributed by atoms with Gasteiger partial charge in [0.2, 0.25) is 5.76 Å². The van der Waals surface area contributed by atoms with E-state index >= 15 is 0 Å². The number of benzene rings is 1. The molecule has 1 aliphatic heterocycles. The first-order chi connectivity index (χ1) is 9.74. The zero-order chi connectivity index (χ0) is 13.9. The summed E-state index contributed by atoms with van der Waals surface area (Å²) in [5, 5.41) is 4.00. The summed E-state index contributed by atoms with van der Waals surface area (Å²) in [5.74, 6) is 0.841. The molecule has 1 amide bonds. The molecule has 4 heteroatoms. The molecule has 1 saturated heterocycles. The summed E-state index contributed by atoms with van der Waals surface area (Å²) in [6.07, 6.45) is 2.25. The number of rotatable bonds is 2. The Labute approximate surface area is 118 Å². The van der Waals surface area contributed by atoms with Crippen molar-refractivity contribution in [3.8, 4) is 11.3 Å². The van der Waals surface area contributed by atoms with Crippen LogP contribution >= 0.6 is 0 Å². The van der Waals surface area contributed by atoms with Gasteiger partial charge in [0.1, 0.15) is 5.69 Å². The summed E-state index contributed by atoms with van der Waals surface area (Å²) in [6.45, 7) is 3.79. The maximum Gasteiger partial charge on any atom is 0.292 e. The molecule has 1 unspecified atom stereocenters. The van der Waals surface area contributed by atoms with Gasteiger partial charge in [-0.05, 0) is 18.8 Å². The van der Waals surface area contributed by atoms with E-state index in [1.54, 1.807) is 6.07 Å². The lowest BCUT2D eigenvalue weighted by Crippen LogP contribution is -2.38. The number of likely N-dealkylation sites (tertiary alicyclic amines) is 1. The zero-order valence-electron chi connectivity index (χ0n) is 11.6. The number of carbonyl (C=O) groups excluding carboxylic acids is 1. The quantitative estimate of drug-likeness (QED) is 0.841. The van der Waals surface area contributed by atoms with Crippen LogP contribution < -0.4 is 0 Å². The molecule has 0 bridgehead atoms. The minimum absolute atomic E-state index is 0.0498. The van der Waals surface area contributed by atoms with Crippen molar-refractivity contribution in [1.82, 2.24) is 10.1 Å². The highest BCUT2D eigenvalue weighted by Gasteiger charge is 2.25. The number of nitrogens with zero attached hydrogens (tertiary/aromatic N) is 2. The summed E-state index contributed by atoms with van der Waals surface area (Å²) < 4.78 is 5.23. The number of piperidine rings is 1. The summed E-state index contributed by atoms with van der Waals surface area (Å²) in [6, 6.07) is 11.5. The molecule has 0 spiro atoms. The van der Waals surface area contributed by atoms with Crippen molar-refractivity contribution in [2.45, 2.75) is 19.8 Å². The molecule has 20 heavy (non-hydrogen) atoms. The van der Waals surface area contributed by atoms with Gasteiger partial charge in [0.05, 0.1) is 0 Å². The fraction of sp³-hybridized carbons (Fsp3) is 0.375. The Morgan fingerprint density at radius 3 is 2.90 bits per heavy atom. The average molecular weight is 270 g/mol. The van der Waals surface area contributed by atoms with Gasteiger partial charge in [-0.25, -0.2) is 0 Å². The van der Waals surface area contributed by atoms with Crippen LogP contribution in [0.2, 0.25) is 0 Å². The topological polar surface area (TPSA) is 46.3 Å². The van der Waals surface area contributed by atoms with Crippen molar-refractivity contribution in [3.05, 3.63) is 42.2 Å². The van der Waals surface area contributed by atoms with E-state index in [0.29, 0.717) is 17.4 Å². The van der Waals surface area contributed by atoms with Gasteiger partial charge < -0.3 is 9.42 Å². The number of carbonyl (C=O) groups is 1. The molecule has 2 aromatic rings. The molecule has 2 heterocycles. The van der Waals surface area contributed by atoms with Gasteiger partial charge in [0.25, 0.3) is 5.91 Å². The monoisotopic (exact) mass is 270 g/mol. The molecule has 4 nitrogen and oxygen atoms in total. The molecule has 1 aromatic carbocycles. The summed E-state index contributed by atoms with van der Waals surface area (Å²) in [4.78, 5) is 14.2. The smallest absolute Gasteiger partial charge is 0.292 e. The van der Waals surface area contributed by atoms with Crippen LogP contribution in [0.3, 0.4) is 0 Å². The molecular weight excluding hydrogens is 252 g/mol. The maximum atomic E-state index is 12.4. The van der Waals surface area contributed by atoms with Crippen LogP contribution in [-0.2, 0) is 0 Å². The van der Waals surface area contributed by atoms with Crippen molar-refractivity contribution in [3.63, 3.8) is 0 Å². The second-order valence-electron chi connectivity index (χ2n) is 5.44. The Morgan fingerprint density at radius 1 is 1.35 bits per heavy atom. The fourth-order valence-corrected chi connectivity index (χ4v) is 2.65. The second kappa shape index (κ2) is 5.49. The predicted molar refractivity (Wildman–Crippen MR) is 76.2 cm³/mol. The summed E-state index contributed by atoms with van der Waals surface area (Å²) in [7, 11) is 0. The average Bonchev–Trinajstić information content (AvgIpc) is 2.97. The minimum atomic E-state index is -0.0498. The first-order valence-corrected chi connectivity index (χ1v) is 7.05. The highest BCUT2D eigenvalue weighted by atomic mass is 16.5. The van der Waals surface area contributed by atoms with E-state index in [4.69, 9.17) is 4.52 Å². The Balaban J connectivity index is 1.78. The van der Waals surface area contributed by atoms with E-state index in [9.17, 15) is 4.79 Å². The van der Waals surface area contributed by atoms with Crippen molar-refractivity contribution in [2.24, 2.45) is 5.92 Å². The van der Waals surface area contributed by atoms with Gasteiger partial charge in [0, 0.05) is 24.7 Å². The standard InChI is InChI=1S/C16H18N2O2/c1-12-6-5-9-18(11-12)16(19)15-10-14(17-20-15)13-7-3-2-4-8-13/h2-4,7-8,10,12H,5-6,9,11H2,1H3. The molecule has 0 aliphatic carbocycles. The van der Waals surface area contributed by atoms with Crippen LogP contribution in [0.5, 0.6) is 0 Å². The van der Waals surface area contributed by atoms with Gasteiger partial charge >= 0.3 is 0 Å². The Bertz CT molecular complexity index is 592. The molecule has 104 valence electrons. The van der Waals surface area contributed by atoms with Crippen molar-refractivity contribution in [1.29, 1.82) is 0 Å². The third-order valence-corrected chi connectivity index (χ3v) is 3.73. The van der Waals surface area contributed by atoms with Gasteiger partial charge in [0.15, 0.2) is 0 Å². The lowest BCUT2D eigenvalue weighted by molar-refractivity contribution is 0.0641. The van der Waals surface area contributed by atoms with Gasteiger partial charge in [-0.15, -0.1) is 0 Å². The van der Waals surface area contributed by atoms with E-state index in [0.717, 1.165) is 25.1 Å². The minimum Gasteiger partial charge on any atom is -0.350 e. The number of amides is 1. The van der Waals surface area contributed by atoms with Crippen LogP contribution in [0, 0.1) is 5.92 Å². The summed E-state index contributed by atoms with van der Waals surface area (Å²) in [5.41, 5.74) is 1.67. The molecule has 1 atom stereocenters. The highest BCUT2D eigenvalue weighted by molar-refractivity contribution is 5.92. The Kier molecular flexibility index (Phi) is 3.54.